The lowest BCUT2D eigenvalue weighted by atomic mass is 10.1. The lowest BCUT2D eigenvalue weighted by molar-refractivity contribution is 0.760. The van der Waals surface area contributed by atoms with Gasteiger partial charge in [0.2, 0.25) is 5.16 Å². The van der Waals surface area contributed by atoms with Gasteiger partial charge in [-0.25, -0.2) is 5.43 Å². The average molecular weight is 408 g/mol. The second kappa shape index (κ2) is 7.14. The first-order valence-corrected chi connectivity index (χ1v) is 9.91. The number of para-hydroxylation sites is 1. The Labute approximate surface area is 169 Å². The zero-order valence-electron chi connectivity index (χ0n) is 14.5. The number of benzene rings is 2. The van der Waals surface area contributed by atoms with Crippen LogP contribution < -0.4 is 5.43 Å². The third-order valence-corrected chi connectivity index (χ3v) is 5.52. The van der Waals surface area contributed by atoms with Gasteiger partial charge in [-0.2, -0.15) is 14.9 Å². The summed E-state index contributed by atoms with van der Waals surface area (Å²) in [6, 6.07) is 15.7. The van der Waals surface area contributed by atoms with Crippen LogP contribution in [0, 0.1) is 0 Å². The van der Waals surface area contributed by atoms with Gasteiger partial charge in [-0.15, -0.1) is 10.2 Å². The number of hydrogen-bond donors (Lipinski definition) is 2. The van der Waals surface area contributed by atoms with Crippen molar-refractivity contribution in [2.75, 3.05) is 11.2 Å². The van der Waals surface area contributed by atoms with E-state index in [9.17, 15) is 0 Å². The van der Waals surface area contributed by atoms with Crippen LogP contribution in [-0.2, 0) is 0 Å². The molecular formula is C19H14ClN7S. The number of H-pyrrole nitrogens is 1. The number of aromatic amines is 1. The van der Waals surface area contributed by atoms with Crippen molar-refractivity contribution in [1.82, 2.24) is 19.9 Å². The number of thioether (sulfide) groups is 1. The normalized spacial score (nSPS) is 13.7. The summed E-state index contributed by atoms with van der Waals surface area (Å²) in [5, 5.41) is 19.8. The Balaban J connectivity index is 1.40. The second-order valence-corrected chi connectivity index (χ2v) is 7.50. The monoisotopic (exact) mass is 407 g/mol. The number of nitrogens with one attached hydrogen (secondary N) is 2. The highest BCUT2D eigenvalue weighted by atomic mass is 35.5. The summed E-state index contributed by atoms with van der Waals surface area (Å²) in [4.78, 5) is 3.22. The highest BCUT2D eigenvalue weighted by Gasteiger charge is 2.19. The minimum absolute atomic E-state index is 0.463. The summed E-state index contributed by atoms with van der Waals surface area (Å²) in [5.41, 5.74) is 6.94. The topological polar surface area (TPSA) is 83.2 Å². The summed E-state index contributed by atoms with van der Waals surface area (Å²) in [6.45, 7) is 0. The quantitative estimate of drug-likeness (QED) is 0.392. The zero-order valence-corrected chi connectivity index (χ0v) is 16.1. The molecule has 2 aromatic carbocycles. The number of halogens is 1. The molecular weight excluding hydrogens is 394 g/mol. The van der Waals surface area contributed by atoms with Crippen LogP contribution in [0.2, 0.25) is 5.02 Å². The Morgan fingerprint density at radius 2 is 2.00 bits per heavy atom. The van der Waals surface area contributed by atoms with Crippen LogP contribution in [-0.4, -0.2) is 37.5 Å². The summed E-state index contributed by atoms with van der Waals surface area (Å²) >= 11 is 7.56. The Kier molecular flexibility index (Phi) is 4.34. The van der Waals surface area contributed by atoms with Gasteiger partial charge in [0.05, 0.1) is 11.9 Å². The van der Waals surface area contributed by atoms with E-state index < -0.39 is 0 Å². The van der Waals surface area contributed by atoms with Crippen LogP contribution in [0.15, 0.2) is 70.1 Å². The molecule has 1 aliphatic rings. The van der Waals surface area contributed by atoms with Crippen molar-refractivity contribution >= 4 is 52.1 Å². The maximum absolute atomic E-state index is 5.98. The minimum Gasteiger partial charge on any atom is -0.361 e. The molecule has 0 amide bonds. The summed E-state index contributed by atoms with van der Waals surface area (Å²) in [6.07, 6.45) is 3.67. The second-order valence-electron chi connectivity index (χ2n) is 6.12. The molecule has 3 heterocycles. The van der Waals surface area contributed by atoms with Crippen LogP contribution in [0.4, 0.5) is 5.95 Å². The minimum atomic E-state index is 0.463. The van der Waals surface area contributed by atoms with Gasteiger partial charge in [0.25, 0.3) is 5.95 Å². The molecule has 0 aliphatic carbocycles. The fraction of sp³-hybridized carbons (Fsp3) is 0.0526. The standard InChI is InChI=1S/C19H14ClN7S/c20-14-7-5-12(6-8-14)17-11-28-19-25-24-18(27(19)26-17)23-22-10-13-9-21-16-4-2-1-3-15(13)16/h1-10,21H,11H2,(H,23,24)/b22-10+. The Bertz CT molecular complexity index is 1210. The molecule has 2 N–H and O–H groups in total. The predicted octanol–water partition coefficient (Wildman–Crippen LogP) is 4.22. The smallest absolute Gasteiger partial charge is 0.266 e. The lowest BCUT2D eigenvalue weighted by Gasteiger charge is -2.13. The molecule has 28 heavy (non-hydrogen) atoms. The van der Waals surface area contributed by atoms with Crippen molar-refractivity contribution in [3.05, 3.63) is 70.9 Å². The third kappa shape index (κ3) is 3.17. The zero-order chi connectivity index (χ0) is 18.9. The molecule has 0 bridgehead atoms. The lowest BCUT2D eigenvalue weighted by Crippen LogP contribution is -2.14. The maximum atomic E-state index is 5.98. The average Bonchev–Trinajstić information content (AvgIpc) is 3.33. The van der Waals surface area contributed by atoms with E-state index >= 15 is 0 Å². The Hall–Kier alpha value is -3.10. The van der Waals surface area contributed by atoms with Crippen molar-refractivity contribution in [1.29, 1.82) is 0 Å². The molecule has 2 aromatic heterocycles. The third-order valence-electron chi connectivity index (χ3n) is 4.34. The van der Waals surface area contributed by atoms with E-state index in [4.69, 9.17) is 11.6 Å². The van der Waals surface area contributed by atoms with Crippen LogP contribution in [0.3, 0.4) is 0 Å². The largest absolute Gasteiger partial charge is 0.361 e. The molecule has 0 saturated carbocycles. The van der Waals surface area contributed by atoms with Crippen molar-refractivity contribution in [2.45, 2.75) is 5.16 Å². The van der Waals surface area contributed by atoms with E-state index in [-0.39, 0.29) is 0 Å². The number of rotatable bonds is 4. The summed E-state index contributed by atoms with van der Waals surface area (Å²) in [5.74, 6) is 1.18. The molecule has 7 nitrogen and oxygen atoms in total. The summed E-state index contributed by atoms with van der Waals surface area (Å²) < 4.78 is 1.67. The van der Waals surface area contributed by atoms with Crippen LogP contribution in [0.1, 0.15) is 11.1 Å². The van der Waals surface area contributed by atoms with Crippen molar-refractivity contribution in [2.24, 2.45) is 10.2 Å². The SMILES string of the molecule is Clc1ccc(C2=Nn3c(N/N=C/c4c[nH]c5ccccc45)nnc3SC2)cc1. The fourth-order valence-corrected chi connectivity index (χ4v) is 3.91. The molecule has 0 unspecified atom stereocenters. The molecule has 0 saturated heterocycles. The van der Waals surface area contributed by atoms with Gasteiger partial charge in [-0.05, 0) is 23.8 Å². The van der Waals surface area contributed by atoms with E-state index in [1.807, 2.05) is 54.7 Å². The fourth-order valence-electron chi connectivity index (χ4n) is 2.94. The Morgan fingerprint density at radius 1 is 1.14 bits per heavy atom. The van der Waals surface area contributed by atoms with Gasteiger partial charge in [0.1, 0.15) is 0 Å². The molecule has 4 aromatic rings. The van der Waals surface area contributed by atoms with Crippen molar-refractivity contribution in [3.63, 3.8) is 0 Å². The Morgan fingerprint density at radius 3 is 2.89 bits per heavy atom. The first-order valence-electron chi connectivity index (χ1n) is 8.55. The van der Waals surface area contributed by atoms with Crippen molar-refractivity contribution in [3.8, 4) is 0 Å². The highest BCUT2D eigenvalue weighted by molar-refractivity contribution is 7.99. The molecule has 0 fully saturated rings. The molecule has 1 aliphatic heterocycles. The van der Waals surface area contributed by atoms with E-state index in [0.717, 1.165) is 38.7 Å². The molecule has 9 heteroatoms. The van der Waals surface area contributed by atoms with Gasteiger partial charge >= 0.3 is 0 Å². The van der Waals surface area contributed by atoms with E-state index in [1.54, 1.807) is 22.7 Å². The molecule has 0 spiro atoms. The first-order chi connectivity index (χ1) is 13.8. The summed E-state index contributed by atoms with van der Waals surface area (Å²) in [7, 11) is 0. The molecule has 0 atom stereocenters. The maximum Gasteiger partial charge on any atom is 0.266 e. The molecule has 0 radical (unpaired) electrons. The van der Waals surface area contributed by atoms with Gasteiger partial charge in [-0.3, -0.25) is 0 Å². The number of hydrazone groups is 1. The number of fused-ring (bicyclic) bond motifs is 2. The van der Waals surface area contributed by atoms with E-state index in [2.05, 4.69) is 30.8 Å². The van der Waals surface area contributed by atoms with Crippen LogP contribution in [0.5, 0.6) is 0 Å². The number of hydrogen-bond acceptors (Lipinski definition) is 6. The number of anilines is 1. The highest BCUT2D eigenvalue weighted by Crippen LogP contribution is 2.26. The number of nitrogens with zero attached hydrogens (tertiary/aromatic N) is 5. The predicted molar refractivity (Wildman–Crippen MR) is 114 cm³/mol. The van der Waals surface area contributed by atoms with Gasteiger partial charge < -0.3 is 4.98 Å². The van der Waals surface area contributed by atoms with Crippen molar-refractivity contribution < 1.29 is 0 Å². The van der Waals surface area contributed by atoms with Gasteiger partial charge in [0.15, 0.2) is 0 Å². The van der Waals surface area contributed by atoms with Gasteiger partial charge in [0, 0.05) is 33.4 Å². The van der Waals surface area contributed by atoms with Gasteiger partial charge in [-0.1, -0.05) is 53.7 Å². The van der Waals surface area contributed by atoms with E-state index in [0.29, 0.717) is 11.0 Å². The van der Waals surface area contributed by atoms with E-state index in [1.165, 1.54) is 0 Å². The number of aromatic nitrogens is 4. The van der Waals surface area contributed by atoms with Crippen LogP contribution in [0.25, 0.3) is 10.9 Å². The first kappa shape index (κ1) is 17.0. The molecule has 5 rings (SSSR count). The molecule has 138 valence electrons. The van der Waals surface area contributed by atoms with Crippen LogP contribution >= 0.6 is 23.4 Å².